The largest absolute Gasteiger partial charge is 0.432 e. The van der Waals surface area contributed by atoms with Crippen molar-refractivity contribution in [2.75, 3.05) is 19.8 Å². The third kappa shape index (κ3) is 6.05. The number of ether oxygens (including phenoxy) is 4. The maximum Gasteiger partial charge on any atom is 0.314 e. The highest BCUT2D eigenvalue weighted by atomic mass is 16.7. The first kappa shape index (κ1) is 42.8. The molecule has 7 rings (SSSR count). The predicted octanol–water partition coefficient (Wildman–Crippen LogP) is 1.14. The molecule has 14 nitrogen and oxygen atoms in total. The van der Waals surface area contributed by atoms with E-state index in [0.29, 0.717) is 25.2 Å². The van der Waals surface area contributed by atoms with Crippen LogP contribution in [0, 0.1) is 56.7 Å². The Morgan fingerprint density at radius 1 is 0.679 bits per heavy atom. The molecule has 0 aromatic rings. The van der Waals surface area contributed by atoms with E-state index in [1.807, 2.05) is 13.8 Å². The summed E-state index contributed by atoms with van der Waals surface area (Å²) in [6, 6.07) is 0. The molecule has 9 N–H and O–H groups in total. The molecular formula is C42H68O14. The maximum atomic E-state index is 14.6. The van der Waals surface area contributed by atoms with E-state index in [0.717, 1.165) is 50.5 Å². The van der Waals surface area contributed by atoms with Crippen molar-refractivity contribution in [3.05, 3.63) is 12.2 Å². The van der Waals surface area contributed by atoms with E-state index in [1.165, 1.54) is 0 Å². The summed E-state index contributed by atoms with van der Waals surface area (Å²) in [6.07, 6.45) is -7.37. The number of allylic oxidation sites excluding steroid dienone is 1. The standard InChI is InChI=1S/C42H68O14/c1-20(2)21-9-14-42(37(52)56-36-34(51)32(49)30(47)24(18-44)54-36)16-15-40(5)22(28(21)42)7-8-26-38(3)12-11-27(39(4,19-45)25(38)10-13-41(26,40)6)55-35-33(50)31(48)29(46)23(17-43)53-35/h21-36,43-51H,1,7-19H2,2-6H3/t21-,22+,23+,24+,25+,26+,27?,28+,29+,30+,31-,32-,33+,34+,35-,36-,38-,39-,40+,41+,42-/m0/s1. The van der Waals surface area contributed by atoms with Gasteiger partial charge in [0.05, 0.1) is 31.3 Å². The molecule has 2 aliphatic heterocycles. The van der Waals surface area contributed by atoms with Crippen molar-refractivity contribution in [1.82, 2.24) is 0 Å². The quantitative estimate of drug-likeness (QED) is 0.0953. The number of fused-ring (bicyclic) bond motifs is 7. The molecule has 7 aliphatic rings. The van der Waals surface area contributed by atoms with Crippen LogP contribution in [-0.2, 0) is 23.7 Å². The molecule has 0 amide bonds. The third-order valence-electron chi connectivity index (χ3n) is 17.8. The molecule has 0 aromatic heterocycles. The highest BCUT2D eigenvalue weighted by Gasteiger charge is 2.73. The molecule has 320 valence electrons. The van der Waals surface area contributed by atoms with E-state index in [1.54, 1.807) is 0 Å². The van der Waals surface area contributed by atoms with Crippen LogP contribution in [0.25, 0.3) is 0 Å². The van der Waals surface area contributed by atoms with Gasteiger partial charge in [-0.3, -0.25) is 4.79 Å². The fourth-order valence-corrected chi connectivity index (χ4v) is 14.5. The Hall–Kier alpha value is -1.27. The van der Waals surface area contributed by atoms with Crippen LogP contribution in [0.1, 0.15) is 98.8 Å². The molecule has 0 radical (unpaired) electrons. The molecule has 56 heavy (non-hydrogen) atoms. The van der Waals surface area contributed by atoms with Gasteiger partial charge < -0.3 is 64.9 Å². The Balaban J connectivity index is 1.15. The minimum Gasteiger partial charge on any atom is -0.432 e. The average Bonchev–Trinajstić information content (AvgIpc) is 3.58. The number of aliphatic hydroxyl groups excluding tert-OH is 9. The van der Waals surface area contributed by atoms with Crippen molar-refractivity contribution in [2.24, 2.45) is 56.7 Å². The molecule has 7 fully saturated rings. The monoisotopic (exact) mass is 796 g/mol. The van der Waals surface area contributed by atoms with E-state index < -0.39 is 97.5 Å². The van der Waals surface area contributed by atoms with Gasteiger partial charge in [-0.15, -0.1) is 0 Å². The zero-order valence-corrected chi connectivity index (χ0v) is 33.7. The third-order valence-corrected chi connectivity index (χ3v) is 17.8. The average molecular weight is 797 g/mol. The minimum atomic E-state index is -1.67. The zero-order chi connectivity index (χ0) is 40.9. The van der Waals surface area contributed by atoms with Gasteiger partial charge in [0.25, 0.3) is 0 Å². The van der Waals surface area contributed by atoms with E-state index >= 15 is 0 Å². The molecule has 0 aromatic carbocycles. The van der Waals surface area contributed by atoms with E-state index in [2.05, 4.69) is 27.4 Å². The lowest BCUT2D eigenvalue weighted by atomic mass is 9.32. The minimum absolute atomic E-state index is 0.0627. The van der Waals surface area contributed by atoms with Gasteiger partial charge in [0.2, 0.25) is 6.29 Å². The summed E-state index contributed by atoms with van der Waals surface area (Å²) in [6.45, 7) is 14.4. The number of esters is 1. The highest BCUT2D eigenvalue weighted by Crippen LogP contribution is 2.77. The molecule has 21 atom stereocenters. The normalized spacial score (nSPS) is 55.6. The van der Waals surface area contributed by atoms with Crippen LogP contribution in [0.15, 0.2) is 12.2 Å². The van der Waals surface area contributed by atoms with Crippen molar-refractivity contribution in [1.29, 1.82) is 0 Å². The van der Waals surface area contributed by atoms with Gasteiger partial charge in [0, 0.05) is 5.41 Å². The Morgan fingerprint density at radius 3 is 1.88 bits per heavy atom. The van der Waals surface area contributed by atoms with Crippen LogP contribution < -0.4 is 0 Å². The van der Waals surface area contributed by atoms with Gasteiger partial charge in [0.15, 0.2) is 6.29 Å². The summed E-state index contributed by atoms with van der Waals surface area (Å²) < 4.78 is 23.8. The lowest BCUT2D eigenvalue weighted by Gasteiger charge is -2.73. The lowest BCUT2D eigenvalue weighted by Crippen LogP contribution is -2.68. The molecule has 5 saturated carbocycles. The second kappa shape index (κ2) is 15.0. The van der Waals surface area contributed by atoms with E-state index in [4.69, 9.17) is 18.9 Å². The van der Waals surface area contributed by atoms with Crippen molar-refractivity contribution in [3.8, 4) is 0 Å². The zero-order valence-electron chi connectivity index (χ0n) is 33.7. The summed E-state index contributed by atoms with van der Waals surface area (Å²) >= 11 is 0. The van der Waals surface area contributed by atoms with Gasteiger partial charge in [-0.1, -0.05) is 39.8 Å². The van der Waals surface area contributed by atoms with Crippen molar-refractivity contribution < 1.29 is 69.7 Å². The van der Waals surface area contributed by atoms with Gasteiger partial charge >= 0.3 is 5.97 Å². The Labute approximate surface area is 330 Å². The first-order valence-corrected chi connectivity index (χ1v) is 21.0. The number of aliphatic hydroxyl groups is 9. The summed E-state index contributed by atoms with van der Waals surface area (Å²) in [5.41, 5.74) is -0.977. The molecule has 2 heterocycles. The van der Waals surface area contributed by atoms with Crippen molar-refractivity contribution in [2.45, 2.75) is 166 Å². The Bertz CT molecular complexity index is 1480. The molecule has 14 heteroatoms. The number of hydrogen-bond acceptors (Lipinski definition) is 14. The van der Waals surface area contributed by atoms with Crippen LogP contribution in [0.2, 0.25) is 0 Å². The summed E-state index contributed by atoms with van der Waals surface area (Å²) in [5, 5.41) is 93.9. The van der Waals surface area contributed by atoms with Gasteiger partial charge in [-0.2, -0.15) is 0 Å². The Kier molecular flexibility index (Phi) is 11.5. The summed E-state index contributed by atoms with van der Waals surface area (Å²) in [5.74, 6) is 0.0721. The first-order chi connectivity index (χ1) is 26.3. The number of carbonyl (C=O) groups excluding carboxylic acids is 1. The van der Waals surface area contributed by atoms with Crippen LogP contribution in [0.4, 0.5) is 0 Å². The number of rotatable bonds is 8. The number of hydrogen-bond donors (Lipinski definition) is 9. The van der Waals surface area contributed by atoms with Crippen molar-refractivity contribution >= 4 is 5.97 Å². The molecule has 0 spiro atoms. The van der Waals surface area contributed by atoms with Gasteiger partial charge in [-0.25, -0.2) is 0 Å². The summed E-state index contributed by atoms with van der Waals surface area (Å²) in [4.78, 5) is 14.6. The number of carbonyl (C=O) groups is 1. The predicted molar refractivity (Wildman–Crippen MR) is 199 cm³/mol. The van der Waals surface area contributed by atoms with Crippen molar-refractivity contribution in [3.63, 3.8) is 0 Å². The van der Waals surface area contributed by atoms with E-state index in [9.17, 15) is 50.8 Å². The fraction of sp³-hybridized carbons (Fsp3) is 0.929. The van der Waals surface area contributed by atoms with Crippen LogP contribution in [0.3, 0.4) is 0 Å². The smallest absolute Gasteiger partial charge is 0.314 e. The first-order valence-electron chi connectivity index (χ1n) is 21.0. The van der Waals surface area contributed by atoms with Crippen LogP contribution in [-0.4, -0.2) is 139 Å². The second-order valence-electron chi connectivity index (χ2n) is 20.0. The molecule has 1 unspecified atom stereocenters. The van der Waals surface area contributed by atoms with Crippen LogP contribution in [0.5, 0.6) is 0 Å². The molecule has 5 aliphatic carbocycles. The molecule has 0 bridgehead atoms. The summed E-state index contributed by atoms with van der Waals surface area (Å²) in [7, 11) is 0. The lowest BCUT2D eigenvalue weighted by molar-refractivity contribution is -0.335. The fourth-order valence-electron chi connectivity index (χ4n) is 14.5. The van der Waals surface area contributed by atoms with E-state index in [-0.39, 0.29) is 46.5 Å². The van der Waals surface area contributed by atoms with Crippen LogP contribution >= 0.6 is 0 Å². The Morgan fingerprint density at radius 2 is 1.29 bits per heavy atom. The molecule has 2 saturated heterocycles. The SMILES string of the molecule is C=C(C)[C@@H]1CC[C@]2(C(=O)O[C@@H]3O[C@H](CO)[C@@H](O)[C@H](O)[C@H]3O)CC[C@]3(C)[C@H](CC[C@@H]4[C@@]5(C)CCC(O[C@@H]6O[C@H](CO)[C@@H](O)[C@H](O)[C@H]6O)[C@@](C)(CO)[C@@H]5CC[C@]43C)[C@@H]12. The van der Waals surface area contributed by atoms with Gasteiger partial charge in [0.1, 0.15) is 48.8 Å². The molecular weight excluding hydrogens is 728 g/mol. The maximum absolute atomic E-state index is 14.6. The second-order valence-corrected chi connectivity index (χ2v) is 20.0. The highest BCUT2D eigenvalue weighted by molar-refractivity contribution is 5.78. The topological polar surface area (TPSA) is 236 Å². The van der Waals surface area contributed by atoms with Gasteiger partial charge in [-0.05, 0) is 117 Å².